The number of nitrogens with zero attached hydrogens (tertiary/aromatic N) is 3. The predicted octanol–water partition coefficient (Wildman–Crippen LogP) is 4.66. The number of benzene rings is 2. The van der Waals surface area contributed by atoms with E-state index >= 15 is 0 Å². The number of ether oxygens (including phenoxy) is 1. The van der Waals surface area contributed by atoms with Gasteiger partial charge in [0.05, 0.1) is 12.8 Å². The Morgan fingerprint density at radius 1 is 0.889 bits per heavy atom. The van der Waals surface area contributed by atoms with Gasteiger partial charge in [-0.05, 0) is 55.8 Å². The lowest BCUT2D eigenvalue weighted by Crippen LogP contribution is -2.08. The van der Waals surface area contributed by atoms with Crippen molar-refractivity contribution in [2.75, 3.05) is 36.7 Å². The van der Waals surface area contributed by atoms with Crippen LogP contribution >= 0.6 is 0 Å². The fourth-order valence-corrected chi connectivity index (χ4v) is 2.72. The summed E-state index contributed by atoms with van der Waals surface area (Å²) in [5.74, 6) is 2.02. The fourth-order valence-electron chi connectivity index (χ4n) is 2.72. The van der Waals surface area contributed by atoms with Gasteiger partial charge in [-0.25, -0.2) is 4.98 Å². The summed E-state index contributed by atoms with van der Waals surface area (Å²) in [6.07, 6.45) is 0. The lowest BCUT2D eigenvalue weighted by atomic mass is 10.2. The van der Waals surface area contributed by atoms with Crippen LogP contribution in [0, 0.1) is 13.8 Å². The molecule has 0 aliphatic heterocycles. The second kappa shape index (κ2) is 7.95. The zero-order valence-electron chi connectivity index (χ0n) is 16.4. The first-order chi connectivity index (χ1) is 12.9. The van der Waals surface area contributed by atoms with E-state index in [2.05, 4.69) is 37.6 Å². The van der Waals surface area contributed by atoms with E-state index in [0.29, 0.717) is 11.8 Å². The first-order valence-electron chi connectivity index (χ1n) is 8.76. The van der Waals surface area contributed by atoms with Crippen molar-refractivity contribution in [2.45, 2.75) is 13.8 Å². The minimum atomic E-state index is 0.543. The molecule has 0 atom stereocenters. The summed E-state index contributed by atoms with van der Waals surface area (Å²) in [6.45, 7) is 3.99. The van der Waals surface area contributed by atoms with Crippen LogP contribution in [0.5, 0.6) is 5.75 Å². The highest BCUT2D eigenvalue weighted by Crippen LogP contribution is 2.28. The molecule has 6 nitrogen and oxygen atoms in total. The van der Waals surface area contributed by atoms with Crippen molar-refractivity contribution in [3.05, 3.63) is 59.8 Å². The minimum absolute atomic E-state index is 0.543. The van der Waals surface area contributed by atoms with Crippen LogP contribution < -0.4 is 20.3 Å². The Morgan fingerprint density at radius 2 is 1.63 bits per heavy atom. The summed E-state index contributed by atoms with van der Waals surface area (Å²) in [6, 6.07) is 16.0. The second-order valence-corrected chi connectivity index (χ2v) is 6.61. The average molecular weight is 363 g/mol. The quantitative estimate of drug-likeness (QED) is 0.664. The lowest BCUT2D eigenvalue weighted by Gasteiger charge is -2.14. The molecule has 3 rings (SSSR count). The van der Waals surface area contributed by atoms with Gasteiger partial charge in [-0.15, -0.1) is 0 Å². The molecule has 1 heterocycles. The van der Waals surface area contributed by atoms with Gasteiger partial charge in [0, 0.05) is 37.2 Å². The van der Waals surface area contributed by atoms with Gasteiger partial charge in [-0.2, -0.15) is 4.98 Å². The third-order valence-corrected chi connectivity index (χ3v) is 4.11. The fraction of sp³-hybridized carbons (Fsp3) is 0.238. The van der Waals surface area contributed by atoms with Crippen molar-refractivity contribution in [3.63, 3.8) is 0 Å². The average Bonchev–Trinajstić information content (AvgIpc) is 2.62. The first-order valence-corrected chi connectivity index (χ1v) is 8.76. The topological polar surface area (TPSA) is 62.3 Å². The molecule has 0 aliphatic carbocycles. The lowest BCUT2D eigenvalue weighted by molar-refractivity contribution is 0.416. The van der Waals surface area contributed by atoms with Crippen molar-refractivity contribution < 1.29 is 4.74 Å². The highest BCUT2D eigenvalue weighted by Gasteiger charge is 2.08. The zero-order chi connectivity index (χ0) is 19.4. The van der Waals surface area contributed by atoms with E-state index in [-0.39, 0.29) is 0 Å². The molecule has 140 valence electrons. The van der Waals surface area contributed by atoms with Crippen molar-refractivity contribution in [2.24, 2.45) is 0 Å². The molecule has 1 aromatic heterocycles. The number of aromatic nitrogens is 2. The molecule has 0 aliphatic rings. The normalized spacial score (nSPS) is 10.4. The van der Waals surface area contributed by atoms with Crippen LogP contribution in [-0.2, 0) is 0 Å². The second-order valence-electron chi connectivity index (χ2n) is 6.61. The van der Waals surface area contributed by atoms with E-state index in [4.69, 9.17) is 4.74 Å². The maximum absolute atomic E-state index is 5.43. The number of hydrogen-bond acceptors (Lipinski definition) is 6. The summed E-state index contributed by atoms with van der Waals surface area (Å²) in [5, 5.41) is 6.60. The van der Waals surface area contributed by atoms with E-state index in [1.165, 1.54) is 0 Å². The molecular formula is C21H25N5O. The van der Waals surface area contributed by atoms with Crippen molar-refractivity contribution >= 4 is 28.8 Å². The van der Waals surface area contributed by atoms with E-state index in [1.807, 2.05) is 64.3 Å². The Kier molecular flexibility index (Phi) is 5.45. The molecular weight excluding hydrogens is 338 g/mol. The van der Waals surface area contributed by atoms with Gasteiger partial charge in [0.25, 0.3) is 0 Å². The maximum atomic E-state index is 5.43. The van der Waals surface area contributed by atoms with Gasteiger partial charge in [0.1, 0.15) is 11.6 Å². The highest BCUT2D eigenvalue weighted by atomic mass is 16.5. The van der Waals surface area contributed by atoms with E-state index in [1.54, 1.807) is 7.11 Å². The number of aryl methyl sites for hydroxylation is 2. The Bertz CT molecular complexity index is 922. The standard InChI is InChI=1S/C21H25N5O/c1-14-6-11-19(27-5)18(12-14)24-20-13-15(2)22-21(25-20)23-16-7-9-17(10-8-16)26(3)4/h6-13H,1-5H3,(H2,22,23,24,25). The van der Waals surface area contributed by atoms with Crippen LogP contribution in [0.25, 0.3) is 0 Å². The van der Waals surface area contributed by atoms with E-state index < -0.39 is 0 Å². The van der Waals surface area contributed by atoms with Crippen LogP contribution in [0.4, 0.5) is 28.8 Å². The largest absolute Gasteiger partial charge is 0.495 e. The van der Waals surface area contributed by atoms with Crippen molar-refractivity contribution in [1.29, 1.82) is 0 Å². The van der Waals surface area contributed by atoms with Crippen LogP contribution in [0.3, 0.4) is 0 Å². The predicted molar refractivity (Wildman–Crippen MR) is 112 cm³/mol. The van der Waals surface area contributed by atoms with Gasteiger partial charge < -0.3 is 20.3 Å². The number of hydrogen-bond donors (Lipinski definition) is 2. The smallest absolute Gasteiger partial charge is 0.229 e. The number of methoxy groups -OCH3 is 1. The molecule has 2 aromatic carbocycles. The zero-order valence-corrected chi connectivity index (χ0v) is 16.4. The van der Waals surface area contributed by atoms with Gasteiger partial charge in [-0.1, -0.05) is 6.07 Å². The Balaban J connectivity index is 1.83. The SMILES string of the molecule is COc1ccc(C)cc1Nc1cc(C)nc(Nc2ccc(N(C)C)cc2)n1. The molecule has 0 amide bonds. The van der Waals surface area contributed by atoms with Gasteiger partial charge in [-0.3, -0.25) is 0 Å². The molecule has 0 unspecified atom stereocenters. The van der Waals surface area contributed by atoms with Crippen molar-refractivity contribution in [1.82, 2.24) is 9.97 Å². The summed E-state index contributed by atoms with van der Waals surface area (Å²) in [7, 11) is 5.69. The van der Waals surface area contributed by atoms with Crippen LogP contribution in [-0.4, -0.2) is 31.2 Å². The third-order valence-electron chi connectivity index (χ3n) is 4.11. The number of nitrogens with one attached hydrogen (secondary N) is 2. The summed E-state index contributed by atoms with van der Waals surface area (Å²) < 4.78 is 5.43. The van der Waals surface area contributed by atoms with Gasteiger partial charge >= 0.3 is 0 Å². The van der Waals surface area contributed by atoms with Crippen molar-refractivity contribution in [3.8, 4) is 5.75 Å². The molecule has 0 bridgehead atoms. The van der Waals surface area contributed by atoms with Gasteiger partial charge in [0.15, 0.2) is 0 Å². The van der Waals surface area contributed by atoms with E-state index in [9.17, 15) is 0 Å². The maximum Gasteiger partial charge on any atom is 0.229 e. The van der Waals surface area contributed by atoms with E-state index in [0.717, 1.165) is 34.1 Å². The summed E-state index contributed by atoms with van der Waals surface area (Å²) in [4.78, 5) is 11.1. The molecule has 27 heavy (non-hydrogen) atoms. The Hall–Kier alpha value is -3.28. The van der Waals surface area contributed by atoms with Crippen LogP contribution in [0.2, 0.25) is 0 Å². The number of anilines is 5. The van der Waals surface area contributed by atoms with Crippen LogP contribution in [0.1, 0.15) is 11.3 Å². The molecule has 0 saturated heterocycles. The van der Waals surface area contributed by atoms with Crippen LogP contribution in [0.15, 0.2) is 48.5 Å². The summed E-state index contributed by atoms with van der Waals surface area (Å²) >= 11 is 0. The Labute approximate surface area is 160 Å². The molecule has 6 heteroatoms. The Morgan fingerprint density at radius 3 is 2.30 bits per heavy atom. The molecule has 2 N–H and O–H groups in total. The monoisotopic (exact) mass is 363 g/mol. The molecule has 0 radical (unpaired) electrons. The third kappa shape index (κ3) is 4.67. The first kappa shape index (κ1) is 18.5. The molecule has 0 spiro atoms. The number of rotatable bonds is 6. The molecule has 3 aromatic rings. The molecule has 0 fully saturated rings. The highest BCUT2D eigenvalue weighted by molar-refractivity contribution is 5.67. The minimum Gasteiger partial charge on any atom is -0.495 e. The molecule has 0 saturated carbocycles. The summed E-state index contributed by atoms with van der Waals surface area (Å²) in [5.41, 5.74) is 4.96. The van der Waals surface area contributed by atoms with Gasteiger partial charge in [0.2, 0.25) is 5.95 Å².